The lowest BCUT2D eigenvalue weighted by Crippen LogP contribution is -2.32. The van der Waals surface area contributed by atoms with Crippen LogP contribution < -0.4 is 5.32 Å². The monoisotopic (exact) mass is 308 g/mol. The van der Waals surface area contributed by atoms with Crippen LogP contribution >= 0.6 is 15.9 Å². The summed E-state index contributed by atoms with van der Waals surface area (Å²) in [6.07, 6.45) is 0. The number of hydrogen-bond donors (Lipinski definition) is 1. The van der Waals surface area contributed by atoms with Gasteiger partial charge in [0.05, 0.1) is 5.56 Å². The quantitative estimate of drug-likeness (QED) is 0.861. The lowest BCUT2D eigenvalue weighted by atomic mass is 10.0. The molecule has 0 radical (unpaired) electrons. The highest BCUT2D eigenvalue weighted by atomic mass is 79.9. The minimum Gasteiger partial charge on any atom is -0.338 e. The Kier molecular flexibility index (Phi) is 3.16. The van der Waals surface area contributed by atoms with Gasteiger partial charge in [-0.25, -0.2) is 0 Å². The number of aryl methyl sites for hydroxylation is 1. The van der Waals surface area contributed by atoms with E-state index in [9.17, 15) is 4.79 Å². The minimum absolute atomic E-state index is 0.167. The molecule has 3 nitrogen and oxygen atoms in total. The van der Waals surface area contributed by atoms with E-state index in [4.69, 9.17) is 0 Å². The predicted molar refractivity (Wildman–Crippen MR) is 74.6 cm³/mol. The minimum atomic E-state index is 0.167. The fourth-order valence-corrected chi connectivity index (χ4v) is 3.41. The first-order valence-electron chi connectivity index (χ1n) is 6.41. The Morgan fingerprint density at radius 2 is 2.00 bits per heavy atom. The average Bonchev–Trinajstić information content (AvgIpc) is 2.91. The lowest BCUT2D eigenvalue weighted by Gasteiger charge is -2.18. The van der Waals surface area contributed by atoms with Crippen molar-refractivity contribution < 1.29 is 4.79 Å². The average molecular weight is 309 g/mol. The Morgan fingerprint density at radius 1 is 1.33 bits per heavy atom. The van der Waals surface area contributed by atoms with Crippen molar-refractivity contribution in [1.29, 1.82) is 0 Å². The topological polar surface area (TPSA) is 32.3 Å². The van der Waals surface area contributed by atoms with Crippen LogP contribution in [0.2, 0.25) is 0 Å². The normalized spacial score (nSPS) is 26.4. The molecule has 2 saturated heterocycles. The summed E-state index contributed by atoms with van der Waals surface area (Å²) < 4.78 is 0.897. The van der Waals surface area contributed by atoms with E-state index in [1.807, 2.05) is 30.0 Å². The van der Waals surface area contributed by atoms with Crippen molar-refractivity contribution in [3.63, 3.8) is 0 Å². The summed E-state index contributed by atoms with van der Waals surface area (Å²) in [5.74, 6) is 1.47. The molecule has 2 atom stereocenters. The number of likely N-dealkylation sites (tertiary alicyclic amines) is 1. The van der Waals surface area contributed by atoms with Gasteiger partial charge in [0.15, 0.2) is 0 Å². The molecule has 0 saturated carbocycles. The number of fused-ring (bicyclic) bond motifs is 1. The lowest BCUT2D eigenvalue weighted by molar-refractivity contribution is 0.0780. The van der Waals surface area contributed by atoms with Crippen LogP contribution in [0.15, 0.2) is 22.7 Å². The third kappa shape index (κ3) is 2.08. The Morgan fingerprint density at radius 3 is 2.67 bits per heavy atom. The van der Waals surface area contributed by atoms with E-state index < -0.39 is 0 Å². The second-order valence-electron chi connectivity index (χ2n) is 5.37. The first-order valence-corrected chi connectivity index (χ1v) is 7.20. The molecule has 0 aromatic heterocycles. The fourth-order valence-electron chi connectivity index (χ4n) is 2.99. The molecule has 2 heterocycles. The van der Waals surface area contributed by atoms with Crippen molar-refractivity contribution in [2.75, 3.05) is 26.2 Å². The van der Waals surface area contributed by atoms with Gasteiger partial charge in [0.25, 0.3) is 5.91 Å². The molecular weight excluding hydrogens is 292 g/mol. The number of amides is 1. The van der Waals surface area contributed by atoms with Gasteiger partial charge in [-0.15, -0.1) is 0 Å². The van der Waals surface area contributed by atoms with Crippen molar-refractivity contribution in [3.8, 4) is 0 Å². The zero-order chi connectivity index (χ0) is 12.7. The van der Waals surface area contributed by atoms with E-state index in [1.54, 1.807) is 0 Å². The molecule has 0 bridgehead atoms. The number of nitrogens with zero attached hydrogens (tertiary/aromatic N) is 1. The molecular formula is C14H17BrN2O. The smallest absolute Gasteiger partial charge is 0.255 e. The summed E-state index contributed by atoms with van der Waals surface area (Å²) in [7, 11) is 0. The van der Waals surface area contributed by atoms with Crippen LogP contribution in [0.1, 0.15) is 15.9 Å². The Hall–Kier alpha value is -0.870. The Bertz CT molecular complexity index is 477. The number of halogens is 1. The molecule has 2 aliphatic heterocycles. The van der Waals surface area contributed by atoms with Gasteiger partial charge in [-0.3, -0.25) is 4.79 Å². The summed E-state index contributed by atoms with van der Waals surface area (Å²) >= 11 is 3.48. The van der Waals surface area contributed by atoms with Gasteiger partial charge in [-0.05, 0) is 46.8 Å². The molecule has 4 heteroatoms. The second-order valence-corrected chi connectivity index (χ2v) is 6.23. The Balaban J connectivity index is 1.81. The molecule has 0 spiro atoms. The summed E-state index contributed by atoms with van der Waals surface area (Å²) in [6.45, 7) is 5.94. The maximum absolute atomic E-state index is 12.5. The highest BCUT2D eigenvalue weighted by Gasteiger charge is 2.38. The number of carbonyl (C=O) groups is 1. The van der Waals surface area contributed by atoms with E-state index in [1.165, 1.54) is 0 Å². The highest BCUT2D eigenvalue weighted by molar-refractivity contribution is 9.10. The molecule has 18 heavy (non-hydrogen) atoms. The second kappa shape index (κ2) is 4.67. The molecule has 0 aliphatic carbocycles. The van der Waals surface area contributed by atoms with Crippen molar-refractivity contribution in [2.45, 2.75) is 6.92 Å². The van der Waals surface area contributed by atoms with Gasteiger partial charge < -0.3 is 10.2 Å². The maximum Gasteiger partial charge on any atom is 0.255 e. The number of hydrogen-bond acceptors (Lipinski definition) is 2. The molecule has 96 valence electrons. The van der Waals surface area contributed by atoms with Crippen LogP contribution in [0, 0.1) is 18.8 Å². The Labute approximate surface area is 116 Å². The van der Waals surface area contributed by atoms with Crippen molar-refractivity contribution in [3.05, 3.63) is 33.8 Å². The van der Waals surface area contributed by atoms with Crippen LogP contribution in [-0.4, -0.2) is 37.0 Å². The number of carbonyl (C=O) groups excluding carboxylic acids is 1. The van der Waals surface area contributed by atoms with Crippen LogP contribution in [0.3, 0.4) is 0 Å². The summed E-state index contributed by atoms with van der Waals surface area (Å²) in [5, 5.41) is 3.40. The van der Waals surface area contributed by atoms with E-state index in [-0.39, 0.29) is 5.91 Å². The summed E-state index contributed by atoms with van der Waals surface area (Å²) in [4.78, 5) is 14.5. The van der Waals surface area contributed by atoms with Crippen LogP contribution in [0.4, 0.5) is 0 Å². The van der Waals surface area contributed by atoms with Crippen LogP contribution in [-0.2, 0) is 0 Å². The number of nitrogens with one attached hydrogen (secondary N) is 1. The summed E-state index contributed by atoms with van der Waals surface area (Å²) in [6, 6.07) is 5.95. The van der Waals surface area contributed by atoms with Gasteiger partial charge in [0.1, 0.15) is 0 Å². The van der Waals surface area contributed by atoms with E-state index >= 15 is 0 Å². The zero-order valence-corrected chi connectivity index (χ0v) is 12.0. The van der Waals surface area contributed by atoms with Crippen molar-refractivity contribution >= 4 is 21.8 Å². The first-order chi connectivity index (χ1) is 8.65. The van der Waals surface area contributed by atoms with Gasteiger partial charge in [0.2, 0.25) is 0 Å². The van der Waals surface area contributed by atoms with Gasteiger partial charge in [-0.1, -0.05) is 11.6 Å². The van der Waals surface area contributed by atoms with Gasteiger partial charge >= 0.3 is 0 Å². The molecule has 3 rings (SSSR count). The fraction of sp³-hybridized carbons (Fsp3) is 0.500. The van der Waals surface area contributed by atoms with E-state index in [0.29, 0.717) is 11.8 Å². The van der Waals surface area contributed by atoms with E-state index in [2.05, 4.69) is 21.2 Å². The van der Waals surface area contributed by atoms with Gasteiger partial charge in [0, 0.05) is 30.7 Å². The molecule has 2 aliphatic rings. The molecule has 1 N–H and O–H groups in total. The zero-order valence-electron chi connectivity index (χ0n) is 10.4. The maximum atomic E-state index is 12.5. The molecule has 1 amide bonds. The third-order valence-electron chi connectivity index (χ3n) is 4.03. The summed E-state index contributed by atoms with van der Waals surface area (Å²) in [5.41, 5.74) is 1.92. The van der Waals surface area contributed by atoms with Crippen LogP contribution in [0.25, 0.3) is 0 Å². The van der Waals surface area contributed by atoms with Crippen LogP contribution in [0.5, 0.6) is 0 Å². The first kappa shape index (κ1) is 12.2. The molecule has 2 fully saturated rings. The van der Waals surface area contributed by atoms with Crippen molar-refractivity contribution in [1.82, 2.24) is 10.2 Å². The third-order valence-corrected chi connectivity index (χ3v) is 4.72. The largest absolute Gasteiger partial charge is 0.338 e. The predicted octanol–water partition coefficient (Wildman–Crippen LogP) is 2.05. The number of rotatable bonds is 1. The number of benzene rings is 1. The standard InChI is InChI=1S/C14H17BrN2O/c1-9-2-3-13(15)12(4-9)14(18)17-7-10-5-16-6-11(10)8-17/h2-4,10-11,16H,5-8H2,1H3/t10-,11+. The molecule has 0 unspecified atom stereocenters. The van der Waals surface area contributed by atoms with Crippen molar-refractivity contribution in [2.24, 2.45) is 11.8 Å². The SMILES string of the molecule is Cc1ccc(Br)c(C(=O)N2C[C@H]3CNC[C@H]3C2)c1. The van der Waals surface area contributed by atoms with Gasteiger partial charge in [-0.2, -0.15) is 0 Å². The molecule has 1 aromatic rings. The highest BCUT2D eigenvalue weighted by Crippen LogP contribution is 2.29. The van der Waals surface area contributed by atoms with E-state index in [0.717, 1.165) is 41.8 Å². The molecule has 1 aromatic carbocycles.